The number of hydrogen-bond acceptors (Lipinski definition) is 7. The Kier molecular flexibility index (Phi) is 4.84. The van der Waals surface area contributed by atoms with Gasteiger partial charge >= 0.3 is 0 Å². The highest BCUT2D eigenvalue weighted by Gasteiger charge is 2.18. The summed E-state index contributed by atoms with van der Waals surface area (Å²) in [6.45, 7) is 3.71. The molecule has 0 spiro atoms. The van der Waals surface area contributed by atoms with E-state index in [0.717, 1.165) is 11.4 Å². The molecule has 3 heterocycles. The van der Waals surface area contributed by atoms with Gasteiger partial charge in [0.2, 0.25) is 5.91 Å². The van der Waals surface area contributed by atoms with Crippen molar-refractivity contribution in [2.24, 2.45) is 0 Å². The molecule has 0 radical (unpaired) electrons. The topological polar surface area (TPSA) is 139 Å². The van der Waals surface area contributed by atoms with Gasteiger partial charge in [-0.3, -0.25) is 20.4 Å². The normalized spacial score (nSPS) is 10.9. The number of carbonyl (C=O) groups excluding carboxylic acids is 2. The van der Waals surface area contributed by atoms with E-state index in [0.29, 0.717) is 11.5 Å². The zero-order valence-corrected chi connectivity index (χ0v) is 16.2. The molecule has 3 aromatic heterocycles. The third-order valence-corrected chi connectivity index (χ3v) is 4.23. The maximum Gasteiger partial charge on any atom is 0.294 e. The molecule has 11 nitrogen and oxygen atoms in total. The summed E-state index contributed by atoms with van der Waals surface area (Å²) in [5, 5.41) is 18.3. The Hall–Kier alpha value is -4.28. The first kappa shape index (κ1) is 19.1. The third kappa shape index (κ3) is 3.81. The van der Waals surface area contributed by atoms with Gasteiger partial charge < -0.3 is 5.11 Å². The van der Waals surface area contributed by atoms with E-state index in [1.54, 1.807) is 28.8 Å². The average molecular weight is 406 g/mol. The van der Waals surface area contributed by atoms with Gasteiger partial charge in [-0.05, 0) is 32.0 Å². The number of nitrogens with zero attached hydrogens (tertiary/aromatic N) is 6. The van der Waals surface area contributed by atoms with E-state index in [1.807, 2.05) is 26.0 Å². The van der Waals surface area contributed by atoms with E-state index in [2.05, 4.69) is 31.0 Å². The molecule has 3 N–H and O–H groups in total. The number of carbonyl (C=O) groups is 2. The Morgan fingerprint density at radius 1 is 1.07 bits per heavy atom. The molecule has 152 valence electrons. The molecular weight excluding hydrogens is 388 g/mol. The highest BCUT2D eigenvalue weighted by Crippen LogP contribution is 2.17. The Morgan fingerprint density at radius 3 is 2.60 bits per heavy atom. The van der Waals surface area contributed by atoms with Crippen LogP contribution in [0.15, 0.2) is 42.6 Å². The van der Waals surface area contributed by atoms with Crippen LogP contribution in [0.3, 0.4) is 0 Å². The Bertz CT molecular complexity index is 1250. The van der Waals surface area contributed by atoms with Gasteiger partial charge in [-0.25, -0.2) is 14.2 Å². The van der Waals surface area contributed by atoms with Crippen LogP contribution in [0.2, 0.25) is 0 Å². The van der Waals surface area contributed by atoms with Crippen molar-refractivity contribution >= 4 is 17.6 Å². The largest absolute Gasteiger partial charge is 0.504 e. The van der Waals surface area contributed by atoms with Crippen LogP contribution in [0.1, 0.15) is 27.7 Å². The van der Waals surface area contributed by atoms with Gasteiger partial charge in [-0.2, -0.15) is 10.1 Å². The number of hydrogen-bond donors (Lipinski definition) is 3. The Balaban J connectivity index is 1.40. The first-order valence-corrected chi connectivity index (χ1v) is 9.04. The quantitative estimate of drug-likeness (QED) is 0.423. The van der Waals surface area contributed by atoms with Crippen LogP contribution in [0.5, 0.6) is 5.75 Å². The van der Waals surface area contributed by atoms with E-state index >= 15 is 0 Å². The number of para-hydroxylation sites is 1. The number of fused-ring (bicyclic) bond motifs is 1. The smallest absolute Gasteiger partial charge is 0.294 e. The van der Waals surface area contributed by atoms with Crippen molar-refractivity contribution in [1.82, 2.24) is 40.2 Å². The number of aromatic hydroxyl groups is 1. The van der Waals surface area contributed by atoms with Crippen LogP contribution in [-0.2, 0) is 11.2 Å². The molecule has 4 aromatic rings. The summed E-state index contributed by atoms with van der Waals surface area (Å²) in [4.78, 5) is 32.9. The van der Waals surface area contributed by atoms with E-state index in [4.69, 9.17) is 0 Å². The van der Waals surface area contributed by atoms with E-state index in [1.165, 1.54) is 10.9 Å². The fraction of sp³-hybridized carbons (Fsp3) is 0.158. The molecule has 0 aliphatic heterocycles. The molecule has 0 aliphatic carbocycles. The molecule has 30 heavy (non-hydrogen) atoms. The summed E-state index contributed by atoms with van der Waals surface area (Å²) in [5.74, 6) is -0.943. The van der Waals surface area contributed by atoms with Crippen molar-refractivity contribution in [3.63, 3.8) is 0 Å². The lowest BCUT2D eigenvalue weighted by Gasteiger charge is -2.04. The van der Waals surface area contributed by atoms with Crippen molar-refractivity contribution in [1.29, 1.82) is 0 Å². The van der Waals surface area contributed by atoms with Gasteiger partial charge in [0.15, 0.2) is 17.3 Å². The van der Waals surface area contributed by atoms with Crippen molar-refractivity contribution in [2.45, 2.75) is 20.3 Å². The van der Waals surface area contributed by atoms with Crippen LogP contribution in [0, 0.1) is 13.8 Å². The Morgan fingerprint density at radius 2 is 1.83 bits per heavy atom. The van der Waals surface area contributed by atoms with Crippen molar-refractivity contribution < 1.29 is 14.7 Å². The van der Waals surface area contributed by atoms with E-state index in [-0.39, 0.29) is 23.7 Å². The maximum absolute atomic E-state index is 12.3. The minimum absolute atomic E-state index is 0.160. The minimum atomic E-state index is -0.758. The van der Waals surface area contributed by atoms with Crippen LogP contribution in [-0.4, -0.2) is 46.3 Å². The summed E-state index contributed by atoms with van der Waals surface area (Å²) in [6.07, 6.45) is 1.15. The van der Waals surface area contributed by atoms with E-state index in [9.17, 15) is 14.7 Å². The summed E-state index contributed by atoms with van der Waals surface area (Å²) < 4.78 is 2.91. The third-order valence-electron chi connectivity index (χ3n) is 4.23. The predicted octanol–water partition coefficient (Wildman–Crippen LogP) is 0.636. The highest BCUT2D eigenvalue weighted by molar-refractivity contribution is 5.96. The molecule has 11 heteroatoms. The molecule has 0 bridgehead atoms. The number of amides is 2. The Labute approximate surface area is 170 Å². The molecule has 4 rings (SSSR count). The molecule has 0 saturated carbocycles. The molecule has 0 fully saturated rings. The molecule has 1 aromatic carbocycles. The van der Waals surface area contributed by atoms with Crippen molar-refractivity contribution in [2.75, 3.05) is 0 Å². The van der Waals surface area contributed by atoms with Gasteiger partial charge in [-0.1, -0.05) is 18.2 Å². The predicted molar refractivity (Wildman–Crippen MR) is 105 cm³/mol. The fourth-order valence-electron chi connectivity index (χ4n) is 2.90. The number of aromatic nitrogens is 6. The average Bonchev–Trinajstić information content (AvgIpc) is 3.30. The lowest BCUT2D eigenvalue weighted by Crippen LogP contribution is -2.42. The van der Waals surface area contributed by atoms with Crippen molar-refractivity contribution in [3.8, 4) is 11.4 Å². The molecular formula is C19H18N8O3. The van der Waals surface area contributed by atoms with Gasteiger partial charge in [0.25, 0.3) is 11.7 Å². The summed E-state index contributed by atoms with van der Waals surface area (Å²) in [7, 11) is 0. The number of rotatable bonds is 4. The summed E-state index contributed by atoms with van der Waals surface area (Å²) >= 11 is 0. The second-order valence-corrected chi connectivity index (χ2v) is 6.60. The maximum atomic E-state index is 12.3. The standard InChI is InChI=1S/C19H18N8O3/c1-11-8-12(2)27-19(20-11)21-15(24-27)9-16(29)22-23-18(30)17-14(28)10-26(25-17)13-6-4-3-5-7-13/h3-8,10,28H,9H2,1-2H3,(H,22,29)(H,23,30). The van der Waals surface area contributed by atoms with Crippen molar-refractivity contribution in [3.05, 3.63) is 65.5 Å². The first-order chi connectivity index (χ1) is 14.4. The zero-order valence-electron chi connectivity index (χ0n) is 16.2. The molecule has 0 unspecified atom stereocenters. The zero-order chi connectivity index (χ0) is 21.3. The highest BCUT2D eigenvalue weighted by atomic mass is 16.3. The van der Waals surface area contributed by atoms with Crippen LogP contribution < -0.4 is 10.9 Å². The number of aryl methyl sites for hydroxylation is 2. The lowest BCUT2D eigenvalue weighted by molar-refractivity contribution is -0.121. The number of hydrazine groups is 1. The molecule has 0 aliphatic rings. The second-order valence-electron chi connectivity index (χ2n) is 6.60. The number of nitrogens with one attached hydrogen (secondary N) is 2. The number of benzene rings is 1. The summed E-state index contributed by atoms with van der Waals surface area (Å²) in [5.41, 5.74) is 6.58. The second kappa shape index (κ2) is 7.62. The molecule has 0 atom stereocenters. The summed E-state index contributed by atoms with van der Waals surface area (Å²) in [6, 6.07) is 10.9. The monoisotopic (exact) mass is 406 g/mol. The molecule has 0 saturated heterocycles. The van der Waals surface area contributed by atoms with Crippen LogP contribution in [0.4, 0.5) is 0 Å². The van der Waals surface area contributed by atoms with Gasteiger partial charge in [0.05, 0.1) is 18.3 Å². The molecule has 2 amide bonds. The first-order valence-electron chi connectivity index (χ1n) is 9.04. The van der Waals surface area contributed by atoms with E-state index < -0.39 is 11.8 Å². The lowest BCUT2D eigenvalue weighted by atomic mass is 10.3. The SMILES string of the molecule is Cc1cc(C)n2nc(CC(=O)NNC(=O)c3nn(-c4ccccc4)cc3O)nc2n1. The fourth-order valence-corrected chi connectivity index (χ4v) is 2.90. The van der Waals surface area contributed by atoms with Gasteiger partial charge in [-0.15, -0.1) is 5.10 Å². The van der Waals surface area contributed by atoms with Crippen LogP contribution in [0.25, 0.3) is 11.5 Å². The minimum Gasteiger partial charge on any atom is -0.504 e. The van der Waals surface area contributed by atoms with Crippen LogP contribution >= 0.6 is 0 Å². The van der Waals surface area contributed by atoms with Gasteiger partial charge in [0.1, 0.15) is 0 Å². The van der Waals surface area contributed by atoms with Gasteiger partial charge in [0, 0.05) is 11.4 Å².